The maximum Gasteiger partial charge on any atom is 0.187 e. The molecule has 1 nitrogen and oxygen atoms in total. The molecule has 0 aromatic carbocycles. The Morgan fingerprint density at radius 3 is 1.67 bits per heavy atom. The molecule has 0 aromatic rings. The Kier molecular flexibility index (Phi) is 24.3. The maximum atomic E-state index is 9.33. The number of hydrogen-bond acceptors (Lipinski definition) is 1. The molecular weight excluding hydrogens is 138 g/mol. The predicted molar refractivity (Wildman–Crippen MR) is 26.0 cm³/mol. The molecule has 3 heteroatoms. The third-order valence-electron chi connectivity index (χ3n) is 0. The quantitative estimate of drug-likeness (QED) is 0.323. The molecule has 0 fully saturated rings. The van der Waals surface area contributed by atoms with Gasteiger partial charge in [-0.25, -0.2) is 0 Å². The van der Waals surface area contributed by atoms with Crippen molar-refractivity contribution in [3.63, 3.8) is 0 Å². The molecule has 0 aliphatic rings. The van der Waals surface area contributed by atoms with Crippen molar-refractivity contribution in [3.05, 3.63) is 6.92 Å². The van der Waals surface area contributed by atoms with Gasteiger partial charge in [0.05, 0.1) is 0 Å². The third kappa shape index (κ3) is 175. The van der Waals surface area contributed by atoms with Gasteiger partial charge in [-0.15, -0.1) is 0 Å². The summed E-state index contributed by atoms with van der Waals surface area (Å²) >= 11 is 0. The van der Waals surface area contributed by atoms with E-state index >= 15 is 0 Å². The van der Waals surface area contributed by atoms with E-state index < -0.39 is 0 Å². The van der Waals surface area contributed by atoms with Gasteiger partial charge in [-0.1, -0.05) is 0 Å². The fraction of sp³-hybridized carbons (Fsp3) is 0.333. The van der Waals surface area contributed by atoms with Crippen LogP contribution in [0.3, 0.4) is 0 Å². The molecule has 0 amide bonds. The van der Waals surface area contributed by atoms with Crippen molar-refractivity contribution in [1.29, 1.82) is 0 Å². The molecule has 0 saturated heterocycles. The van der Waals surface area contributed by atoms with E-state index in [0.717, 1.165) is 0 Å². The number of Topliss-reactive ketones (excluding diaryl/α,β-unsaturated/α-hetero) is 1. The molecule has 0 aliphatic heterocycles. The fourth-order valence-corrected chi connectivity index (χ4v) is 0. The van der Waals surface area contributed by atoms with Gasteiger partial charge in [0.15, 0.2) is 17.4 Å². The van der Waals surface area contributed by atoms with Gasteiger partial charge in [0.25, 0.3) is 0 Å². The van der Waals surface area contributed by atoms with Crippen molar-refractivity contribution in [2.75, 3.05) is 0 Å². The summed E-state index contributed by atoms with van der Waals surface area (Å²) in [5.41, 5.74) is 0. The van der Waals surface area contributed by atoms with E-state index in [1.54, 1.807) is 0 Å². The standard InChI is InChI=1S/C3H5O.Al.Co.3H/c1-3(2)4;;;;;/h1H2,2H3;;;;;/q-1;;;;;. The van der Waals surface area contributed by atoms with Crippen LogP contribution in [0.25, 0.3) is 0 Å². The Hall–Kier alpha value is 0.579. The maximum absolute atomic E-state index is 9.33. The molecule has 0 rings (SSSR count). The topological polar surface area (TPSA) is 17.1 Å². The summed E-state index contributed by atoms with van der Waals surface area (Å²) in [6.07, 6.45) is 0. The summed E-state index contributed by atoms with van der Waals surface area (Å²) in [4.78, 5) is 9.33. The van der Waals surface area contributed by atoms with Gasteiger partial charge in [0, 0.05) is 16.8 Å². The van der Waals surface area contributed by atoms with Gasteiger partial charge in [0.2, 0.25) is 0 Å². The molecule has 0 saturated carbocycles. The van der Waals surface area contributed by atoms with Gasteiger partial charge in [0.1, 0.15) is 0 Å². The first-order valence-electron chi connectivity index (χ1n) is 1.06. The molecule has 0 heterocycles. The summed E-state index contributed by atoms with van der Waals surface area (Å²) in [5, 5.41) is 0. The molecule has 0 aliphatic carbocycles. The molecule has 0 bridgehead atoms. The molecule has 39 valence electrons. The van der Waals surface area contributed by atoms with Gasteiger partial charge < -0.3 is 11.7 Å². The summed E-state index contributed by atoms with van der Waals surface area (Å²) in [6, 6.07) is 0. The van der Waals surface area contributed by atoms with E-state index in [2.05, 4.69) is 6.92 Å². The summed E-state index contributed by atoms with van der Waals surface area (Å²) in [5.74, 6) is -0.0833. The Morgan fingerprint density at radius 1 is 1.67 bits per heavy atom. The number of carbonyl (C=O) groups is 1. The van der Waals surface area contributed by atoms with Gasteiger partial charge >= 0.3 is 0 Å². The zero-order valence-corrected chi connectivity index (χ0v) is 3.99. The number of ketones is 1. The van der Waals surface area contributed by atoms with Crippen LogP contribution < -0.4 is 0 Å². The Balaban J connectivity index is -0.0000000450. The van der Waals surface area contributed by atoms with E-state index in [1.807, 2.05) is 0 Å². The van der Waals surface area contributed by atoms with Crippen LogP contribution in [0.4, 0.5) is 0 Å². The van der Waals surface area contributed by atoms with E-state index in [4.69, 9.17) is 0 Å². The molecule has 1 radical (unpaired) electrons. The Bertz CT molecular complexity index is 33.8. The molecule has 0 atom stereocenters. The van der Waals surface area contributed by atoms with Crippen LogP contribution in [0.1, 0.15) is 6.92 Å². The van der Waals surface area contributed by atoms with Crippen molar-refractivity contribution < 1.29 is 21.6 Å². The second-order valence-electron chi connectivity index (χ2n) is 0.702. The molecule has 0 spiro atoms. The first kappa shape index (κ1) is 16.0. The number of rotatable bonds is 0. The van der Waals surface area contributed by atoms with E-state index in [1.165, 1.54) is 6.92 Å². The zero-order chi connectivity index (χ0) is 3.58. The Labute approximate surface area is 58.8 Å². The van der Waals surface area contributed by atoms with Crippen LogP contribution in [0.15, 0.2) is 0 Å². The Morgan fingerprint density at radius 2 is 1.67 bits per heavy atom. The minimum atomic E-state index is -0.0833. The minimum Gasteiger partial charge on any atom is -0.340 e. The zero-order valence-electron chi connectivity index (χ0n) is 2.95. The first-order chi connectivity index (χ1) is 1.73. The molecule has 0 N–H and O–H groups in total. The van der Waals surface area contributed by atoms with Gasteiger partial charge in [-0.05, 0) is 12.7 Å². The monoisotopic (exact) mass is 146 g/mol. The van der Waals surface area contributed by atoms with Crippen LogP contribution >= 0.6 is 0 Å². The van der Waals surface area contributed by atoms with Crippen molar-refractivity contribution in [2.45, 2.75) is 6.92 Å². The molecule has 0 unspecified atom stereocenters. The average Bonchev–Trinajstić information content (AvgIpc) is 0.811. The van der Waals surface area contributed by atoms with E-state index in [0.29, 0.717) is 0 Å². The normalized spacial score (nSPS) is 4.17. The van der Waals surface area contributed by atoms with Crippen LogP contribution in [-0.2, 0) is 21.6 Å². The molecule has 0 aromatic heterocycles. The van der Waals surface area contributed by atoms with Crippen molar-refractivity contribution in [1.82, 2.24) is 0 Å². The fourth-order valence-electron chi connectivity index (χ4n) is 0. The largest absolute Gasteiger partial charge is 0.340 e. The predicted octanol–water partition coefficient (Wildman–Crippen LogP) is -0.777. The van der Waals surface area contributed by atoms with E-state index in [-0.39, 0.29) is 39.9 Å². The van der Waals surface area contributed by atoms with E-state index in [9.17, 15) is 4.79 Å². The summed E-state index contributed by atoms with van der Waals surface area (Å²) in [7, 11) is 0. The van der Waals surface area contributed by atoms with Gasteiger partial charge in [-0.3, -0.25) is 0 Å². The minimum absolute atomic E-state index is 0. The SMILES string of the molecule is [AlH3].[CH2-]C(C)=O.[Co]. The second-order valence-corrected chi connectivity index (χ2v) is 0.702. The third-order valence-corrected chi connectivity index (χ3v) is 0. The number of carbonyl (C=O) groups excluding carboxylic acids is 1. The molecule has 6 heavy (non-hydrogen) atoms. The van der Waals surface area contributed by atoms with Crippen LogP contribution in [0, 0.1) is 6.92 Å². The average molecular weight is 146 g/mol. The van der Waals surface area contributed by atoms with Gasteiger partial charge in [-0.2, -0.15) is 0 Å². The van der Waals surface area contributed by atoms with Crippen LogP contribution in [0.5, 0.6) is 0 Å². The molecular formula is C3H8AlCoO-. The van der Waals surface area contributed by atoms with Crippen molar-refractivity contribution >= 4 is 23.1 Å². The summed E-state index contributed by atoms with van der Waals surface area (Å²) in [6.45, 7) is 4.42. The van der Waals surface area contributed by atoms with Crippen LogP contribution in [0.2, 0.25) is 0 Å². The second kappa shape index (κ2) is 9.13. The number of hydrogen-bond donors (Lipinski definition) is 0. The first-order valence-corrected chi connectivity index (χ1v) is 1.06. The van der Waals surface area contributed by atoms with Crippen molar-refractivity contribution in [3.8, 4) is 0 Å². The van der Waals surface area contributed by atoms with Crippen LogP contribution in [-0.4, -0.2) is 23.1 Å². The summed E-state index contributed by atoms with van der Waals surface area (Å²) < 4.78 is 0. The smallest absolute Gasteiger partial charge is 0.187 e. The van der Waals surface area contributed by atoms with Crippen molar-refractivity contribution in [2.24, 2.45) is 0 Å².